The van der Waals surface area contributed by atoms with Crippen LogP contribution < -0.4 is 5.32 Å². The molecular weight excluding hydrogens is 382 g/mol. The number of alkyl carbamates (subject to hydrolysis) is 1. The van der Waals surface area contributed by atoms with Crippen molar-refractivity contribution < 1.29 is 19.1 Å². The normalized spacial score (nSPS) is 29.3. The third kappa shape index (κ3) is 6.83. The highest BCUT2D eigenvalue weighted by molar-refractivity contribution is 6.74. The van der Waals surface area contributed by atoms with E-state index in [0.717, 1.165) is 5.57 Å². The number of hydrogen-bond acceptors (Lipinski definition) is 4. The Labute approximate surface area is 179 Å². The lowest BCUT2D eigenvalue weighted by atomic mass is 9.87. The van der Waals surface area contributed by atoms with Crippen LogP contribution in [0.1, 0.15) is 69.2 Å². The number of carbonyl (C=O) groups excluding carboxylic acids is 1. The minimum atomic E-state index is -2.03. The first-order valence-corrected chi connectivity index (χ1v) is 13.8. The lowest BCUT2D eigenvalue weighted by molar-refractivity contribution is 0.0227. The van der Waals surface area contributed by atoms with E-state index < -0.39 is 32.2 Å². The first-order valence-electron chi connectivity index (χ1n) is 10.9. The summed E-state index contributed by atoms with van der Waals surface area (Å²) < 4.78 is 12.3. The van der Waals surface area contributed by atoms with Crippen molar-refractivity contribution in [1.82, 2.24) is 5.32 Å². The molecule has 0 bridgehead atoms. The van der Waals surface area contributed by atoms with Crippen molar-refractivity contribution in [3.05, 3.63) is 11.6 Å². The molecule has 6 heteroatoms. The minimum Gasteiger partial charge on any atom is -0.444 e. The number of aliphatic hydroxyl groups excluding tert-OH is 1. The summed E-state index contributed by atoms with van der Waals surface area (Å²) >= 11 is 0. The van der Waals surface area contributed by atoms with E-state index in [4.69, 9.17) is 9.16 Å². The number of nitrogens with one attached hydrogen (secondary N) is 1. The minimum absolute atomic E-state index is 0.0749. The summed E-state index contributed by atoms with van der Waals surface area (Å²) in [6.45, 7) is 25.1. The largest absolute Gasteiger partial charge is 0.444 e. The predicted molar refractivity (Wildman–Crippen MR) is 122 cm³/mol. The van der Waals surface area contributed by atoms with Crippen molar-refractivity contribution in [2.24, 2.45) is 17.8 Å². The van der Waals surface area contributed by atoms with Crippen molar-refractivity contribution in [2.45, 2.75) is 111 Å². The van der Waals surface area contributed by atoms with Gasteiger partial charge < -0.3 is 19.6 Å². The second-order valence-corrected chi connectivity index (χ2v) is 16.3. The molecule has 1 aliphatic carbocycles. The Balaban J connectivity index is 3.29. The van der Waals surface area contributed by atoms with Gasteiger partial charge in [-0.25, -0.2) is 4.79 Å². The number of carbonyl (C=O) groups is 1. The number of hydrogen-bond donors (Lipinski definition) is 2. The van der Waals surface area contributed by atoms with Crippen LogP contribution >= 0.6 is 0 Å². The van der Waals surface area contributed by atoms with Crippen LogP contribution in [0, 0.1) is 17.8 Å². The number of ether oxygens (including phenoxy) is 1. The summed E-state index contributed by atoms with van der Waals surface area (Å²) in [6.07, 6.45) is 0.785. The van der Waals surface area contributed by atoms with Gasteiger partial charge in [0.1, 0.15) is 5.60 Å². The van der Waals surface area contributed by atoms with Crippen LogP contribution in [-0.2, 0) is 9.16 Å². The van der Waals surface area contributed by atoms with Gasteiger partial charge in [0.05, 0.1) is 18.2 Å². The molecular formula is C23H45NO4Si. The van der Waals surface area contributed by atoms with Crippen LogP contribution in [0.3, 0.4) is 0 Å². The zero-order valence-corrected chi connectivity index (χ0v) is 21.7. The smallest absolute Gasteiger partial charge is 0.407 e. The van der Waals surface area contributed by atoms with Crippen LogP contribution in [0.2, 0.25) is 18.1 Å². The van der Waals surface area contributed by atoms with E-state index in [1.165, 1.54) is 0 Å². The predicted octanol–water partition coefficient (Wildman–Crippen LogP) is 5.50. The van der Waals surface area contributed by atoms with Crippen LogP contribution in [-0.4, -0.2) is 43.4 Å². The maximum absolute atomic E-state index is 12.5. The maximum Gasteiger partial charge on any atom is 0.407 e. The molecule has 0 aromatic heterocycles. The van der Waals surface area contributed by atoms with Crippen LogP contribution in [0.15, 0.2) is 11.6 Å². The summed E-state index contributed by atoms with van der Waals surface area (Å²) in [6, 6.07) is -0.474. The fourth-order valence-electron chi connectivity index (χ4n) is 3.59. The van der Waals surface area contributed by atoms with Crippen LogP contribution in [0.25, 0.3) is 0 Å². The molecule has 0 aliphatic heterocycles. The highest BCUT2D eigenvalue weighted by Gasteiger charge is 2.46. The zero-order valence-electron chi connectivity index (χ0n) is 20.7. The highest BCUT2D eigenvalue weighted by Crippen LogP contribution is 2.41. The summed E-state index contributed by atoms with van der Waals surface area (Å²) in [7, 11) is -2.03. The zero-order chi connectivity index (χ0) is 22.9. The molecule has 1 amide bonds. The van der Waals surface area contributed by atoms with E-state index in [2.05, 4.69) is 73.0 Å². The summed E-state index contributed by atoms with van der Waals surface area (Å²) in [5.41, 5.74) is 0.357. The third-order valence-electron chi connectivity index (χ3n) is 6.33. The van der Waals surface area contributed by atoms with E-state index >= 15 is 0 Å². The van der Waals surface area contributed by atoms with Gasteiger partial charge in [-0.05, 0) is 56.3 Å². The lowest BCUT2D eigenvalue weighted by Gasteiger charge is -2.43. The fraction of sp³-hybridized carbons (Fsp3) is 0.870. The Morgan fingerprint density at radius 1 is 1.14 bits per heavy atom. The quantitative estimate of drug-likeness (QED) is 0.459. The summed E-state index contributed by atoms with van der Waals surface area (Å²) in [5, 5.41) is 14.2. The number of amides is 1. The molecule has 1 aliphatic rings. The molecule has 5 nitrogen and oxygen atoms in total. The fourth-order valence-corrected chi connectivity index (χ4v) is 5.06. The summed E-state index contributed by atoms with van der Waals surface area (Å²) in [5.74, 6) is 0.236. The van der Waals surface area contributed by atoms with Gasteiger partial charge in [0.25, 0.3) is 0 Å². The van der Waals surface area contributed by atoms with E-state index in [1.54, 1.807) is 0 Å². The molecule has 2 N–H and O–H groups in total. The van der Waals surface area contributed by atoms with E-state index in [9.17, 15) is 9.90 Å². The first-order chi connectivity index (χ1) is 12.9. The molecule has 0 saturated carbocycles. The standard InChI is InChI=1S/C23H45NO4Si/c1-14(2)17-13-15(3)20(28-29(11,12)23(8,9)10)16(4)18(19(17)25)24-21(26)27-22(5,6)7/h13-16,18-20,25H,1-12H3,(H,24,26)/t15-,16+,18+,19-,20-/m1/s1. The second kappa shape index (κ2) is 9.11. The van der Waals surface area contributed by atoms with Crippen molar-refractivity contribution in [3.63, 3.8) is 0 Å². The topological polar surface area (TPSA) is 67.8 Å². The molecule has 29 heavy (non-hydrogen) atoms. The molecule has 0 heterocycles. The van der Waals surface area contributed by atoms with E-state index in [0.29, 0.717) is 0 Å². The Kier molecular flexibility index (Phi) is 8.22. The molecule has 0 fully saturated rings. The van der Waals surface area contributed by atoms with Crippen molar-refractivity contribution in [1.29, 1.82) is 0 Å². The number of aliphatic hydroxyl groups is 1. The van der Waals surface area contributed by atoms with Gasteiger partial charge in [0, 0.05) is 5.92 Å². The molecule has 0 unspecified atom stereocenters. The Hall–Kier alpha value is -0.853. The Bertz CT molecular complexity index is 601. The molecule has 0 saturated heterocycles. The average molecular weight is 428 g/mol. The van der Waals surface area contributed by atoms with Gasteiger partial charge >= 0.3 is 6.09 Å². The SMILES string of the molecule is CC(C)C1=C[C@@H](C)[C@@H](O[Si](C)(C)C(C)(C)C)[C@@H](C)[C@H](NC(=O)OC(C)(C)C)[C@@H]1O. The molecule has 0 spiro atoms. The van der Waals surface area contributed by atoms with E-state index in [1.807, 2.05) is 20.8 Å². The second-order valence-electron chi connectivity index (χ2n) is 11.5. The van der Waals surface area contributed by atoms with Gasteiger partial charge in [-0.3, -0.25) is 0 Å². The van der Waals surface area contributed by atoms with Crippen LogP contribution in [0.5, 0.6) is 0 Å². The number of rotatable bonds is 4. The van der Waals surface area contributed by atoms with Crippen molar-refractivity contribution in [3.8, 4) is 0 Å². The molecule has 0 aromatic carbocycles. The molecule has 5 atom stereocenters. The van der Waals surface area contributed by atoms with Crippen molar-refractivity contribution in [2.75, 3.05) is 0 Å². The Morgan fingerprint density at radius 3 is 2.07 bits per heavy atom. The molecule has 0 aromatic rings. The summed E-state index contributed by atoms with van der Waals surface area (Å²) in [4.78, 5) is 12.5. The maximum atomic E-state index is 12.5. The van der Waals surface area contributed by atoms with Crippen LogP contribution in [0.4, 0.5) is 4.79 Å². The van der Waals surface area contributed by atoms with Gasteiger partial charge in [0.2, 0.25) is 0 Å². The Morgan fingerprint density at radius 2 is 1.66 bits per heavy atom. The average Bonchev–Trinajstić information content (AvgIpc) is 2.57. The monoisotopic (exact) mass is 427 g/mol. The van der Waals surface area contributed by atoms with Crippen molar-refractivity contribution >= 4 is 14.4 Å². The molecule has 1 rings (SSSR count). The van der Waals surface area contributed by atoms with E-state index in [-0.39, 0.29) is 28.9 Å². The third-order valence-corrected chi connectivity index (χ3v) is 10.8. The van der Waals surface area contributed by atoms with Gasteiger partial charge in [0.15, 0.2) is 8.32 Å². The van der Waals surface area contributed by atoms with Gasteiger partial charge in [-0.2, -0.15) is 0 Å². The molecule has 0 radical (unpaired) electrons. The van der Waals surface area contributed by atoms with Gasteiger partial charge in [-0.1, -0.05) is 54.5 Å². The van der Waals surface area contributed by atoms with Gasteiger partial charge in [-0.15, -0.1) is 0 Å². The first kappa shape index (κ1) is 26.2. The highest BCUT2D eigenvalue weighted by atomic mass is 28.4. The lowest BCUT2D eigenvalue weighted by Crippen LogP contribution is -2.55. The molecule has 170 valence electrons.